The number of methoxy groups -OCH3 is 1. The van der Waals surface area contributed by atoms with E-state index in [1.54, 1.807) is 0 Å². The Morgan fingerprint density at radius 1 is 1.00 bits per heavy atom. The average molecular weight is 593 g/mol. The standard InChI is InChI=1S/C36H40N4O4/c1-8-10-30(41)33-19(5)26-14-25-18(4)22(11-12-32(43)44-7)35(39-25)23-13-31(42)34-20(6)27(40-36(23)34)15-28-21(9-2)17(3)24(37-28)16-29(33)38-26/h14-16,18,22,39,41H,8-13H2,1-7H3/b24-16?,25-14?,27-15?,33-30-,35-23?/t18-,22-/m0/s1. The van der Waals surface area contributed by atoms with Crippen molar-refractivity contribution in [1.82, 2.24) is 5.32 Å². The van der Waals surface area contributed by atoms with Crippen LogP contribution in [0.1, 0.15) is 80.1 Å². The van der Waals surface area contributed by atoms with E-state index in [1.165, 1.54) is 7.11 Å². The summed E-state index contributed by atoms with van der Waals surface area (Å²) >= 11 is 0. The number of Topliss-reactive ketones (excluding diaryl/α,β-unsaturated/α-hetero) is 1. The Hall–Kier alpha value is -4.33. The third-order valence-electron chi connectivity index (χ3n) is 9.70. The Labute approximate surface area is 258 Å². The highest BCUT2D eigenvalue weighted by molar-refractivity contribution is 6.38. The molecular formula is C36H40N4O4. The Bertz CT molecular complexity index is 1760. The normalized spacial score (nSPS) is 25.3. The Morgan fingerprint density at radius 2 is 1.73 bits per heavy atom. The Balaban J connectivity index is 1.62. The van der Waals surface area contributed by atoms with Crippen molar-refractivity contribution in [3.63, 3.8) is 0 Å². The summed E-state index contributed by atoms with van der Waals surface area (Å²) in [6.07, 6.45) is 9.30. The van der Waals surface area contributed by atoms with E-state index in [0.717, 1.165) is 86.2 Å². The molecule has 8 heteroatoms. The average Bonchev–Trinajstić information content (AvgIpc) is 3.74. The van der Waals surface area contributed by atoms with Crippen LogP contribution in [0.2, 0.25) is 0 Å². The molecule has 0 radical (unpaired) electrons. The maximum atomic E-state index is 13.5. The van der Waals surface area contributed by atoms with Gasteiger partial charge in [-0.2, -0.15) is 0 Å². The van der Waals surface area contributed by atoms with Gasteiger partial charge in [-0.1, -0.05) is 20.8 Å². The molecule has 6 rings (SSSR count). The number of carbonyl (C=O) groups excluding carboxylic acids is 2. The number of aliphatic hydroxyl groups is 1. The lowest BCUT2D eigenvalue weighted by atomic mass is 9.86. The van der Waals surface area contributed by atoms with E-state index in [0.29, 0.717) is 29.9 Å². The highest BCUT2D eigenvalue weighted by Gasteiger charge is 2.43. The summed E-state index contributed by atoms with van der Waals surface area (Å²) in [6.45, 7) is 12.3. The second kappa shape index (κ2) is 11.3. The van der Waals surface area contributed by atoms with Crippen LogP contribution in [0.25, 0.3) is 0 Å². The van der Waals surface area contributed by atoms with Gasteiger partial charge in [0.2, 0.25) is 0 Å². The molecule has 5 aliphatic heterocycles. The number of nitrogens with zero attached hydrogens (tertiary/aromatic N) is 3. The SMILES string of the molecule is CCC/C(O)=C1/C2=NC(=C1C)C=C1NC(=C3CC(=O)C4=C(C)C(=CC5=NC(=C2)C(C)=C5CC)N=C34)[C@@H](CCC(=O)OC)[C@@H]1C. The van der Waals surface area contributed by atoms with Crippen LogP contribution in [0, 0.1) is 11.8 Å². The summed E-state index contributed by atoms with van der Waals surface area (Å²) in [6, 6.07) is 0. The summed E-state index contributed by atoms with van der Waals surface area (Å²) in [4.78, 5) is 40.9. The van der Waals surface area contributed by atoms with Crippen molar-refractivity contribution in [3.05, 3.63) is 91.5 Å². The van der Waals surface area contributed by atoms with E-state index in [-0.39, 0.29) is 36.4 Å². The lowest BCUT2D eigenvalue weighted by Crippen LogP contribution is -2.15. The summed E-state index contributed by atoms with van der Waals surface area (Å²) in [5, 5.41) is 14.9. The fourth-order valence-electron chi connectivity index (χ4n) is 7.19. The molecule has 0 aromatic rings. The topological polar surface area (TPSA) is 113 Å². The van der Waals surface area contributed by atoms with Crippen LogP contribution in [0.4, 0.5) is 0 Å². The molecule has 5 heterocycles. The van der Waals surface area contributed by atoms with Gasteiger partial charge in [0.15, 0.2) is 5.78 Å². The minimum absolute atomic E-state index is 0.0208. The van der Waals surface area contributed by atoms with Gasteiger partial charge < -0.3 is 15.2 Å². The van der Waals surface area contributed by atoms with Gasteiger partial charge in [-0.25, -0.2) is 15.0 Å². The second-order valence-corrected chi connectivity index (χ2v) is 12.3. The first-order valence-electron chi connectivity index (χ1n) is 15.6. The number of hydrogen-bond donors (Lipinski definition) is 2. The molecule has 0 unspecified atom stereocenters. The van der Waals surface area contributed by atoms with Crippen molar-refractivity contribution < 1.29 is 19.4 Å². The van der Waals surface area contributed by atoms with Crippen LogP contribution in [-0.2, 0) is 14.3 Å². The van der Waals surface area contributed by atoms with Gasteiger partial charge in [-0.3, -0.25) is 9.59 Å². The van der Waals surface area contributed by atoms with Crippen molar-refractivity contribution >= 4 is 28.9 Å². The van der Waals surface area contributed by atoms with Crippen molar-refractivity contribution in [1.29, 1.82) is 0 Å². The van der Waals surface area contributed by atoms with Gasteiger partial charge in [0.25, 0.3) is 0 Å². The van der Waals surface area contributed by atoms with Crippen LogP contribution in [0.5, 0.6) is 0 Å². The highest BCUT2D eigenvalue weighted by Crippen LogP contribution is 2.45. The molecule has 2 N–H and O–H groups in total. The number of esters is 1. The van der Waals surface area contributed by atoms with Crippen LogP contribution >= 0.6 is 0 Å². The largest absolute Gasteiger partial charge is 0.512 e. The molecule has 1 saturated carbocycles. The van der Waals surface area contributed by atoms with Crippen LogP contribution in [0.15, 0.2) is 106 Å². The van der Waals surface area contributed by atoms with Crippen molar-refractivity contribution in [2.45, 2.75) is 80.1 Å². The second-order valence-electron chi connectivity index (χ2n) is 12.3. The number of hydrogen-bond acceptors (Lipinski definition) is 8. The van der Waals surface area contributed by atoms with E-state index >= 15 is 0 Å². The van der Waals surface area contributed by atoms with Crippen molar-refractivity contribution in [2.24, 2.45) is 26.8 Å². The lowest BCUT2D eigenvalue weighted by molar-refractivity contribution is -0.140. The minimum atomic E-state index is -0.261. The van der Waals surface area contributed by atoms with Gasteiger partial charge in [-0.05, 0) is 80.6 Å². The molecule has 228 valence electrons. The van der Waals surface area contributed by atoms with E-state index in [9.17, 15) is 14.7 Å². The predicted molar refractivity (Wildman–Crippen MR) is 173 cm³/mol. The summed E-state index contributed by atoms with van der Waals surface area (Å²) in [7, 11) is 1.41. The zero-order valence-corrected chi connectivity index (χ0v) is 26.6. The Morgan fingerprint density at radius 3 is 2.43 bits per heavy atom. The number of ketones is 1. The molecule has 0 amide bonds. The molecule has 0 spiro atoms. The fraction of sp³-hybridized carbons (Fsp3) is 0.417. The third-order valence-corrected chi connectivity index (χ3v) is 9.70. The molecule has 6 aliphatic rings. The van der Waals surface area contributed by atoms with E-state index < -0.39 is 0 Å². The van der Waals surface area contributed by atoms with Gasteiger partial charge in [-0.15, -0.1) is 0 Å². The fourth-order valence-corrected chi connectivity index (χ4v) is 7.19. The van der Waals surface area contributed by atoms with E-state index in [4.69, 9.17) is 19.7 Å². The van der Waals surface area contributed by atoms with Crippen LogP contribution < -0.4 is 5.32 Å². The smallest absolute Gasteiger partial charge is 0.305 e. The summed E-state index contributed by atoms with van der Waals surface area (Å²) in [5.41, 5.74) is 12.8. The maximum Gasteiger partial charge on any atom is 0.305 e. The number of fused-ring (bicyclic) bond motifs is 5. The van der Waals surface area contributed by atoms with E-state index in [2.05, 4.69) is 32.2 Å². The van der Waals surface area contributed by atoms with Gasteiger partial charge in [0.05, 0.1) is 41.3 Å². The number of aliphatic imine (C=N–C) groups is 3. The highest BCUT2D eigenvalue weighted by atomic mass is 16.5. The quantitative estimate of drug-likeness (QED) is 0.255. The number of rotatable bonds is 6. The lowest BCUT2D eigenvalue weighted by Gasteiger charge is -2.17. The number of carbonyl (C=O) groups is 2. The summed E-state index contributed by atoms with van der Waals surface area (Å²) in [5.74, 6) is 0.109. The first-order chi connectivity index (χ1) is 21.1. The third kappa shape index (κ3) is 4.71. The van der Waals surface area contributed by atoms with Crippen LogP contribution in [0.3, 0.4) is 0 Å². The number of allylic oxidation sites excluding steroid dienone is 13. The van der Waals surface area contributed by atoms with Gasteiger partial charge >= 0.3 is 5.97 Å². The van der Waals surface area contributed by atoms with Crippen molar-refractivity contribution in [3.8, 4) is 0 Å². The van der Waals surface area contributed by atoms with E-state index in [1.807, 2.05) is 32.9 Å². The van der Waals surface area contributed by atoms with Gasteiger partial charge in [0.1, 0.15) is 5.76 Å². The molecule has 8 bridgehead atoms. The molecule has 2 fully saturated rings. The summed E-state index contributed by atoms with van der Waals surface area (Å²) < 4.78 is 4.97. The number of aliphatic hydroxyl groups excluding tert-OH is 1. The zero-order valence-electron chi connectivity index (χ0n) is 26.6. The first-order valence-corrected chi connectivity index (χ1v) is 15.6. The molecular weight excluding hydrogens is 552 g/mol. The molecule has 0 aromatic carbocycles. The monoisotopic (exact) mass is 592 g/mol. The molecule has 1 saturated heterocycles. The number of ether oxygens (including phenoxy) is 1. The van der Waals surface area contributed by atoms with Crippen LogP contribution in [-0.4, -0.2) is 41.1 Å². The Kier molecular flexibility index (Phi) is 7.64. The molecule has 0 aromatic heterocycles. The molecule has 1 aliphatic carbocycles. The molecule has 8 nitrogen and oxygen atoms in total. The van der Waals surface area contributed by atoms with Gasteiger partial charge in [0, 0.05) is 59.2 Å². The number of nitrogens with one attached hydrogen (secondary N) is 1. The molecule has 2 atom stereocenters. The van der Waals surface area contributed by atoms with Crippen molar-refractivity contribution in [2.75, 3.05) is 7.11 Å². The maximum absolute atomic E-state index is 13.5. The zero-order chi connectivity index (χ0) is 31.4. The minimum Gasteiger partial charge on any atom is -0.512 e. The molecule has 44 heavy (non-hydrogen) atoms. The first kappa shape index (κ1) is 29.7. The predicted octanol–water partition coefficient (Wildman–Crippen LogP) is 6.98.